The zero-order chi connectivity index (χ0) is 12.1. The lowest BCUT2D eigenvalue weighted by Gasteiger charge is -2.04. The van der Waals surface area contributed by atoms with Gasteiger partial charge in [-0.15, -0.1) is 0 Å². The van der Waals surface area contributed by atoms with Crippen LogP contribution in [0.5, 0.6) is 0 Å². The lowest BCUT2D eigenvalue weighted by Crippen LogP contribution is -1.92. The van der Waals surface area contributed by atoms with Crippen molar-refractivity contribution in [1.29, 1.82) is 0 Å². The third kappa shape index (κ3) is 3.61. The lowest BCUT2D eigenvalue weighted by molar-refractivity contribution is 1.03. The molecule has 17 heavy (non-hydrogen) atoms. The summed E-state index contributed by atoms with van der Waals surface area (Å²) < 4.78 is 0. The minimum atomic E-state index is 0.854. The van der Waals surface area contributed by atoms with Crippen molar-refractivity contribution < 1.29 is 0 Å². The fraction of sp³-hybridized carbons (Fsp3) is 0.188. The van der Waals surface area contributed by atoms with Gasteiger partial charge in [0.2, 0.25) is 0 Å². The number of rotatable bonds is 4. The second kappa shape index (κ2) is 5.88. The summed E-state index contributed by atoms with van der Waals surface area (Å²) in [6, 6.07) is 16.7. The second-order valence-electron chi connectivity index (χ2n) is 4.27. The molecule has 0 saturated heterocycles. The van der Waals surface area contributed by atoms with Crippen LogP contribution < -0.4 is 0 Å². The number of aryl methyl sites for hydroxylation is 1. The van der Waals surface area contributed by atoms with Crippen molar-refractivity contribution in [2.24, 2.45) is 0 Å². The first-order chi connectivity index (χ1) is 8.25. The van der Waals surface area contributed by atoms with E-state index in [0.717, 1.165) is 17.9 Å². The number of halogens is 1. The number of benzene rings is 2. The van der Waals surface area contributed by atoms with E-state index in [4.69, 9.17) is 11.6 Å². The zero-order valence-corrected chi connectivity index (χ0v) is 10.7. The first kappa shape index (κ1) is 12.2. The van der Waals surface area contributed by atoms with Crippen LogP contribution in [0.2, 0.25) is 5.02 Å². The van der Waals surface area contributed by atoms with E-state index < -0.39 is 0 Å². The Morgan fingerprint density at radius 2 is 1.65 bits per heavy atom. The topological polar surface area (TPSA) is 0 Å². The van der Waals surface area contributed by atoms with Crippen molar-refractivity contribution in [2.75, 3.05) is 0 Å². The molecule has 0 nitrogen and oxygen atoms in total. The van der Waals surface area contributed by atoms with E-state index in [1.165, 1.54) is 16.7 Å². The molecule has 0 amide bonds. The molecule has 1 heteroatoms. The van der Waals surface area contributed by atoms with Gasteiger partial charge in [-0.1, -0.05) is 59.6 Å². The van der Waals surface area contributed by atoms with Gasteiger partial charge in [-0.25, -0.2) is 0 Å². The zero-order valence-electron chi connectivity index (χ0n) is 9.99. The lowest BCUT2D eigenvalue weighted by atomic mass is 10.0. The van der Waals surface area contributed by atoms with Crippen molar-refractivity contribution in [2.45, 2.75) is 19.8 Å². The average molecular weight is 244 g/mol. The van der Waals surface area contributed by atoms with Crippen molar-refractivity contribution in [3.05, 3.63) is 76.7 Å². The van der Waals surface area contributed by atoms with Crippen LogP contribution in [0.25, 0.3) is 0 Å². The Morgan fingerprint density at radius 3 is 2.35 bits per heavy atom. The molecule has 87 valence electrons. The van der Waals surface area contributed by atoms with Crippen LogP contribution in [0.1, 0.15) is 16.7 Å². The van der Waals surface area contributed by atoms with Gasteiger partial charge >= 0.3 is 0 Å². The third-order valence-electron chi connectivity index (χ3n) is 2.82. The smallest absolute Gasteiger partial charge is 0.0438 e. The number of hydrogen-bond donors (Lipinski definition) is 0. The van der Waals surface area contributed by atoms with Gasteiger partial charge in [-0.2, -0.15) is 0 Å². The van der Waals surface area contributed by atoms with Crippen LogP contribution in [0.4, 0.5) is 0 Å². The predicted molar refractivity (Wildman–Crippen MR) is 74.3 cm³/mol. The third-order valence-corrected chi connectivity index (χ3v) is 3.19. The SMILES string of the molecule is Cc1ccc(C[CH]Cc2ccccc2Cl)cc1. The van der Waals surface area contributed by atoms with Gasteiger partial charge in [0, 0.05) is 5.02 Å². The summed E-state index contributed by atoms with van der Waals surface area (Å²) in [5.41, 5.74) is 3.85. The van der Waals surface area contributed by atoms with Crippen molar-refractivity contribution in [3.8, 4) is 0 Å². The highest BCUT2D eigenvalue weighted by molar-refractivity contribution is 6.31. The quantitative estimate of drug-likeness (QED) is 0.734. The molecule has 0 aliphatic rings. The van der Waals surface area contributed by atoms with Crippen LogP contribution in [-0.4, -0.2) is 0 Å². The molecule has 0 bridgehead atoms. The Morgan fingerprint density at radius 1 is 0.941 bits per heavy atom. The first-order valence-corrected chi connectivity index (χ1v) is 6.24. The molecule has 0 unspecified atom stereocenters. The average Bonchev–Trinajstić information content (AvgIpc) is 2.34. The van der Waals surface area contributed by atoms with E-state index in [1.807, 2.05) is 18.2 Å². The normalized spacial score (nSPS) is 10.5. The summed E-state index contributed by atoms with van der Waals surface area (Å²) in [6.45, 7) is 2.11. The summed E-state index contributed by atoms with van der Waals surface area (Å²) in [5, 5.41) is 0.854. The molecule has 0 fully saturated rings. The summed E-state index contributed by atoms with van der Waals surface area (Å²) in [5.74, 6) is 0. The minimum Gasteiger partial charge on any atom is -0.0840 e. The summed E-state index contributed by atoms with van der Waals surface area (Å²) in [6.07, 6.45) is 4.19. The first-order valence-electron chi connectivity index (χ1n) is 5.86. The van der Waals surface area contributed by atoms with Gasteiger partial charge in [-0.3, -0.25) is 0 Å². The fourth-order valence-corrected chi connectivity index (χ4v) is 2.00. The predicted octanol–water partition coefficient (Wildman–Crippen LogP) is 4.64. The van der Waals surface area contributed by atoms with E-state index in [1.54, 1.807) is 0 Å². The molecular formula is C16H16Cl. The molecule has 2 rings (SSSR count). The molecule has 0 heterocycles. The van der Waals surface area contributed by atoms with E-state index in [-0.39, 0.29) is 0 Å². The molecule has 0 saturated carbocycles. The Kier molecular flexibility index (Phi) is 4.22. The highest BCUT2D eigenvalue weighted by Gasteiger charge is 1.99. The van der Waals surface area contributed by atoms with Crippen molar-refractivity contribution in [1.82, 2.24) is 0 Å². The highest BCUT2D eigenvalue weighted by Crippen LogP contribution is 2.17. The Bertz CT molecular complexity index is 471. The van der Waals surface area contributed by atoms with Crippen LogP contribution in [0.15, 0.2) is 48.5 Å². The molecule has 0 spiro atoms. The maximum atomic E-state index is 6.11. The number of hydrogen-bond acceptors (Lipinski definition) is 0. The maximum absolute atomic E-state index is 6.11. The Hall–Kier alpha value is -1.27. The van der Waals surface area contributed by atoms with E-state index in [2.05, 4.69) is 43.7 Å². The molecule has 1 radical (unpaired) electrons. The maximum Gasteiger partial charge on any atom is 0.0438 e. The molecule has 0 aliphatic carbocycles. The second-order valence-corrected chi connectivity index (χ2v) is 4.68. The largest absolute Gasteiger partial charge is 0.0840 e. The van der Waals surface area contributed by atoms with Crippen LogP contribution >= 0.6 is 11.6 Å². The van der Waals surface area contributed by atoms with Crippen molar-refractivity contribution in [3.63, 3.8) is 0 Å². The van der Waals surface area contributed by atoms with E-state index in [0.29, 0.717) is 0 Å². The monoisotopic (exact) mass is 243 g/mol. The standard InChI is InChI=1S/C16H16Cl/c1-13-9-11-14(12-10-13)5-4-7-15-6-2-3-8-16(15)17/h2-4,6,8-12H,5,7H2,1H3. The van der Waals surface area contributed by atoms with Crippen molar-refractivity contribution >= 4 is 11.6 Å². The van der Waals surface area contributed by atoms with Gasteiger partial charge in [-0.05, 0) is 43.4 Å². The highest BCUT2D eigenvalue weighted by atomic mass is 35.5. The van der Waals surface area contributed by atoms with Gasteiger partial charge in [0.1, 0.15) is 0 Å². The van der Waals surface area contributed by atoms with Gasteiger partial charge in [0.15, 0.2) is 0 Å². The van der Waals surface area contributed by atoms with Gasteiger partial charge < -0.3 is 0 Å². The van der Waals surface area contributed by atoms with E-state index >= 15 is 0 Å². The van der Waals surface area contributed by atoms with E-state index in [9.17, 15) is 0 Å². The van der Waals surface area contributed by atoms with Gasteiger partial charge in [0.25, 0.3) is 0 Å². The van der Waals surface area contributed by atoms with Crippen LogP contribution in [-0.2, 0) is 12.8 Å². The summed E-state index contributed by atoms with van der Waals surface area (Å²) in [4.78, 5) is 0. The molecule has 2 aromatic carbocycles. The summed E-state index contributed by atoms with van der Waals surface area (Å²) in [7, 11) is 0. The minimum absolute atomic E-state index is 0.854. The molecule has 0 N–H and O–H groups in total. The molecule has 2 aromatic rings. The molecule has 0 aliphatic heterocycles. The summed E-state index contributed by atoms with van der Waals surface area (Å²) >= 11 is 6.11. The molecule has 0 atom stereocenters. The Balaban J connectivity index is 1.88. The fourth-order valence-electron chi connectivity index (χ4n) is 1.78. The van der Waals surface area contributed by atoms with Crippen LogP contribution in [0, 0.1) is 13.3 Å². The molecular weight excluding hydrogens is 228 g/mol. The Labute approximate surface area is 108 Å². The van der Waals surface area contributed by atoms with Gasteiger partial charge in [0.05, 0.1) is 0 Å². The molecule has 0 aromatic heterocycles. The van der Waals surface area contributed by atoms with Crippen LogP contribution in [0.3, 0.4) is 0 Å².